The van der Waals surface area contributed by atoms with E-state index in [1.807, 2.05) is 24.1 Å². The molecule has 2 fully saturated rings. The lowest BCUT2D eigenvalue weighted by Gasteiger charge is -2.25. The quantitative estimate of drug-likeness (QED) is 0.906. The van der Waals surface area contributed by atoms with Crippen molar-refractivity contribution >= 4 is 17.5 Å². The Morgan fingerprint density at radius 2 is 2.05 bits per heavy atom. The molecule has 0 bridgehead atoms. The maximum Gasteiger partial charge on any atom is 0.226 e. The van der Waals surface area contributed by atoms with Gasteiger partial charge in [-0.05, 0) is 62.0 Å². The fourth-order valence-corrected chi connectivity index (χ4v) is 3.51. The minimum atomic E-state index is 0.232. The lowest BCUT2D eigenvalue weighted by Crippen LogP contribution is -2.36. The van der Waals surface area contributed by atoms with Gasteiger partial charge in [-0.2, -0.15) is 0 Å². The zero-order valence-electron chi connectivity index (χ0n) is 13.0. The van der Waals surface area contributed by atoms with Gasteiger partial charge in [0.1, 0.15) is 12.4 Å². The first-order valence-corrected chi connectivity index (χ1v) is 8.33. The third-order valence-corrected chi connectivity index (χ3v) is 5.22. The van der Waals surface area contributed by atoms with Crippen LogP contribution in [-0.2, 0) is 4.79 Å². The summed E-state index contributed by atoms with van der Waals surface area (Å²) in [6, 6.07) is 7.29. The Morgan fingerprint density at radius 1 is 1.36 bits per heavy atom. The summed E-state index contributed by atoms with van der Waals surface area (Å²) in [5, 5.41) is 4.07. The van der Waals surface area contributed by atoms with Gasteiger partial charge in [0.2, 0.25) is 5.91 Å². The second-order valence-corrected chi connectivity index (χ2v) is 6.87. The summed E-state index contributed by atoms with van der Waals surface area (Å²) in [6.07, 6.45) is 3.34. The monoisotopic (exact) mass is 322 g/mol. The van der Waals surface area contributed by atoms with E-state index in [1.54, 1.807) is 12.1 Å². The van der Waals surface area contributed by atoms with Gasteiger partial charge in [-0.25, -0.2) is 0 Å². The number of nitrogens with zero attached hydrogens (tertiary/aromatic N) is 1. The summed E-state index contributed by atoms with van der Waals surface area (Å²) < 4.78 is 5.66. The molecular weight excluding hydrogens is 300 g/mol. The molecule has 1 atom stereocenters. The molecular formula is C17H23ClN2O2. The van der Waals surface area contributed by atoms with Crippen LogP contribution in [0.25, 0.3) is 0 Å². The van der Waals surface area contributed by atoms with E-state index in [1.165, 1.54) is 0 Å². The van der Waals surface area contributed by atoms with Gasteiger partial charge in [-0.1, -0.05) is 11.6 Å². The number of benzene rings is 1. The average molecular weight is 323 g/mol. The van der Waals surface area contributed by atoms with Crippen LogP contribution in [0.5, 0.6) is 5.75 Å². The van der Waals surface area contributed by atoms with Crippen molar-refractivity contribution in [3.05, 3.63) is 29.3 Å². The number of hydrogen-bond acceptors (Lipinski definition) is 3. The molecule has 1 N–H and O–H groups in total. The van der Waals surface area contributed by atoms with Gasteiger partial charge >= 0.3 is 0 Å². The number of likely N-dealkylation sites (N-methyl/N-ethyl adjacent to an activating group) is 1. The summed E-state index contributed by atoms with van der Waals surface area (Å²) in [5.74, 6) is 1.29. The van der Waals surface area contributed by atoms with Crippen LogP contribution in [0.2, 0.25) is 5.02 Å². The molecule has 120 valence electrons. The van der Waals surface area contributed by atoms with E-state index in [-0.39, 0.29) is 11.8 Å². The number of amides is 1. The minimum Gasteiger partial charge on any atom is -0.492 e. The van der Waals surface area contributed by atoms with Crippen molar-refractivity contribution in [1.82, 2.24) is 10.2 Å². The third kappa shape index (κ3) is 3.39. The highest BCUT2D eigenvalue weighted by atomic mass is 35.5. The SMILES string of the molecule is CN(CCOc1ccc(Cl)cc1)C(=O)C1CC12CCNCC2. The van der Waals surface area contributed by atoms with Crippen LogP contribution in [-0.4, -0.2) is 44.1 Å². The van der Waals surface area contributed by atoms with Crippen LogP contribution < -0.4 is 10.1 Å². The zero-order valence-corrected chi connectivity index (χ0v) is 13.7. The standard InChI is InChI=1S/C17H23ClN2O2/c1-20(10-11-22-14-4-2-13(18)3-5-14)16(21)15-12-17(15)6-8-19-9-7-17/h2-5,15,19H,6-12H2,1H3. The van der Waals surface area contributed by atoms with Crippen molar-refractivity contribution in [1.29, 1.82) is 0 Å². The van der Waals surface area contributed by atoms with Gasteiger partial charge in [-0.15, -0.1) is 0 Å². The molecule has 2 aliphatic rings. The Bertz CT molecular complexity index is 526. The van der Waals surface area contributed by atoms with E-state index in [0.717, 1.165) is 38.1 Å². The maximum atomic E-state index is 12.5. The first-order valence-electron chi connectivity index (χ1n) is 7.95. The number of piperidine rings is 1. The van der Waals surface area contributed by atoms with Gasteiger partial charge < -0.3 is 15.0 Å². The van der Waals surface area contributed by atoms with E-state index >= 15 is 0 Å². The molecule has 1 amide bonds. The maximum absolute atomic E-state index is 12.5. The average Bonchev–Trinajstić information content (AvgIpc) is 3.22. The summed E-state index contributed by atoms with van der Waals surface area (Å²) >= 11 is 5.84. The highest BCUT2D eigenvalue weighted by Crippen LogP contribution is 2.59. The zero-order chi connectivity index (χ0) is 15.6. The van der Waals surface area contributed by atoms with Crippen molar-refractivity contribution in [2.45, 2.75) is 19.3 Å². The van der Waals surface area contributed by atoms with Crippen LogP contribution in [0.15, 0.2) is 24.3 Å². The summed E-state index contributed by atoms with van der Waals surface area (Å²) in [5.41, 5.74) is 0.299. The molecule has 1 aliphatic carbocycles. The second kappa shape index (κ2) is 6.47. The van der Waals surface area contributed by atoms with Gasteiger partial charge in [0.05, 0.1) is 6.54 Å². The molecule has 1 aliphatic heterocycles. The predicted molar refractivity (Wildman–Crippen MR) is 87.2 cm³/mol. The number of hydrogen-bond donors (Lipinski definition) is 1. The highest BCUT2D eigenvalue weighted by molar-refractivity contribution is 6.30. The molecule has 5 heteroatoms. The molecule has 1 saturated carbocycles. The van der Waals surface area contributed by atoms with Crippen LogP contribution >= 0.6 is 11.6 Å². The second-order valence-electron chi connectivity index (χ2n) is 6.43. The Kier molecular flexibility index (Phi) is 4.59. The third-order valence-electron chi connectivity index (χ3n) is 4.97. The summed E-state index contributed by atoms with van der Waals surface area (Å²) in [7, 11) is 1.88. The van der Waals surface area contributed by atoms with Crippen molar-refractivity contribution in [3.8, 4) is 5.75 Å². The van der Waals surface area contributed by atoms with Crippen LogP contribution in [0.4, 0.5) is 0 Å². The predicted octanol–water partition coefficient (Wildman–Crippen LogP) is 2.57. The Hall–Kier alpha value is -1.26. The molecule has 1 unspecified atom stereocenters. The fourth-order valence-electron chi connectivity index (χ4n) is 3.38. The van der Waals surface area contributed by atoms with E-state index in [2.05, 4.69) is 5.32 Å². The smallest absolute Gasteiger partial charge is 0.226 e. The summed E-state index contributed by atoms with van der Waals surface area (Å²) in [6.45, 7) is 3.22. The van der Waals surface area contributed by atoms with Gasteiger partial charge in [-0.3, -0.25) is 4.79 Å². The van der Waals surface area contributed by atoms with E-state index < -0.39 is 0 Å². The minimum absolute atomic E-state index is 0.232. The number of ether oxygens (including phenoxy) is 1. The molecule has 3 rings (SSSR count). The van der Waals surface area contributed by atoms with E-state index in [9.17, 15) is 4.79 Å². The number of halogens is 1. The number of carbonyl (C=O) groups is 1. The molecule has 0 aromatic heterocycles. The van der Waals surface area contributed by atoms with Gasteiger partial charge in [0, 0.05) is 18.0 Å². The molecule has 1 saturated heterocycles. The molecule has 1 aromatic rings. The lowest BCUT2D eigenvalue weighted by molar-refractivity contribution is -0.132. The van der Waals surface area contributed by atoms with Crippen molar-refractivity contribution in [3.63, 3.8) is 0 Å². The number of rotatable bonds is 5. The first kappa shape index (κ1) is 15.6. The number of nitrogens with one attached hydrogen (secondary N) is 1. The van der Waals surface area contributed by atoms with Crippen LogP contribution in [0.3, 0.4) is 0 Å². The van der Waals surface area contributed by atoms with E-state index in [0.29, 0.717) is 23.6 Å². The van der Waals surface area contributed by atoms with E-state index in [4.69, 9.17) is 16.3 Å². The van der Waals surface area contributed by atoms with Crippen molar-refractivity contribution < 1.29 is 9.53 Å². The van der Waals surface area contributed by atoms with Gasteiger partial charge in [0.25, 0.3) is 0 Å². The topological polar surface area (TPSA) is 41.6 Å². The molecule has 0 radical (unpaired) electrons. The Morgan fingerprint density at radius 3 is 2.73 bits per heavy atom. The van der Waals surface area contributed by atoms with Crippen LogP contribution in [0, 0.1) is 11.3 Å². The molecule has 1 spiro atoms. The number of carbonyl (C=O) groups excluding carboxylic acids is 1. The van der Waals surface area contributed by atoms with Crippen molar-refractivity contribution in [2.24, 2.45) is 11.3 Å². The normalized spacial score (nSPS) is 22.4. The van der Waals surface area contributed by atoms with Crippen LogP contribution in [0.1, 0.15) is 19.3 Å². The largest absolute Gasteiger partial charge is 0.492 e. The first-order chi connectivity index (χ1) is 10.6. The Labute approximate surface area is 136 Å². The molecule has 4 nitrogen and oxygen atoms in total. The molecule has 1 aromatic carbocycles. The van der Waals surface area contributed by atoms with Crippen molar-refractivity contribution in [2.75, 3.05) is 33.3 Å². The summed E-state index contributed by atoms with van der Waals surface area (Å²) in [4.78, 5) is 14.3. The fraction of sp³-hybridized carbons (Fsp3) is 0.588. The molecule has 22 heavy (non-hydrogen) atoms. The Balaban J connectivity index is 1.43. The highest BCUT2D eigenvalue weighted by Gasteiger charge is 2.58. The lowest BCUT2D eigenvalue weighted by atomic mass is 9.91. The van der Waals surface area contributed by atoms with Gasteiger partial charge in [0.15, 0.2) is 0 Å². The molecule has 1 heterocycles.